The van der Waals surface area contributed by atoms with E-state index in [9.17, 15) is 9.59 Å². The Balaban J connectivity index is 1.31. The summed E-state index contributed by atoms with van der Waals surface area (Å²) < 4.78 is 11.4. The lowest BCUT2D eigenvalue weighted by atomic mass is 10.0. The molecule has 1 aromatic heterocycles. The van der Waals surface area contributed by atoms with Crippen LogP contribution in [0.4, 0.5) is 5.69 Å². The highest BCUT2D eigenvalue weighted by Gasteiger charge is 2.32. The second kappa shape index (κ2) is 9.91. The third-order valence-corrected chi connectivity index (χ3v) is 6.03. The Kier molecular flexibility index (Phi) is 6.36. The predicted octanol–water partition coefficient (Wildman–Crippen LogP) is 3.22. The van der Waals surface area contributed by atoms with Crippen LogP contribution < -0.4 is 19.7 Å². The highest BCUT2D eigenvalue weighted by Crippen LogP contribution is 2.37. The molecule has 2 amide bonds. The molecule has 0 saturated heterocycles. The molecular weight excluding hydrogens is 458 g/mol. The van der Waals surface area contributed by atoms with Crippen molar-refractivity contribution in [3.05, 3.63) is 90.0 Å². The first-order valence-electron chi connectivity index (χ1n) is 11.5. The third-order valence-electron chi connectivity index (χ3n) is 6.03. The number of amides is 2. The summed E-state index contributed by atoms with van der Waals surface area (Å²) in [7, 11) is 3.28. The van der Waals surface area contributed by atoms with Crippen LogP contribution in [-0.4, -0.2) is 53.8 Å². The maximum Gasteiger partial charge on any atom is 0.291 e. The van der Waals surface area contributed by atoms with Gasteiger partial charge in [-0.25, -0.2) is 4.98 Å². The summed E-state index contributed by atoms with van der Waals surface area (Å²) >= 11 is 0. The molecule has 182 valence electrons. The van der Waals surface area contributed by atoms with Gasteiger partial charge in [0.25, 0.3) is 11.8 Å². The van der Waals surface area contributed by atoms with E-state index >= 15 is 0 Å². The van der Waals surface area contributed by atoms with Crippen molar-refractivity contribution in [2.24, 2.45) is 0 Å². The number of methoxy groups -OCH3 is 1. The number of aromatic amines is 1. The number of ether oxygens (including phenoxy) is 2. The largest absolute Gasteiger partial charge is 0.496 e. The van der Waals surface area contributed by atoms with Crippen LogP contribution in [0.3, 0.4) is 0 Å². The van der Waals surface area contributed by atoms with Crippen molar-refractivity contribution < 1.29 is 19.1 Å². The molecule has 0 fully saturated rings. The Bertz CT molecular complexity index is 1400. The summed E-state index contributed by atoms with van der Waals surface area (Å²) in [6.07, 6.45) is 0.513. The van der Waals surface area contributed by atoms with Crippen molar-refractivity contribution in [1.29, 1.82) is 0 Å². The van der Waals surface area contributed by atoms with Gasteiger partial charge in [-0.15, -0.1) is 5.10 Å². The van der Waals surface area contributed by atoms with Crippen molar-refractivity contribution in [3.8, 4) is 22.6 Å². The molecular formula is C27H25N5O4. The van der Waals surface area contributed by atoms with E-state index in [2.05, 4.69) is 20.5 Å². The Morgan fingerprint density at radius 3 is 2.72 bits per heavy atom. The van der Waals surface area contributed by atoms with E-state index in [-0.39, 0.29) is 18.3 Å². The summed E-state index contributed by atoms with van der Waals surface area (Å²) in [5.41, 5.74) is 3.42. The number of carbonyl (C=O) groups excluding carboxylic acids is 2. The molecule has 2 N–H and O–H groups in total. The number of carbonyl (C=O) groups is 2. The number of nitrogens with one attached hydrogen (secondary N) is 2. The first kappa shape index (κ1) is 23.1. The van der Waals surface area contributed by atoms with Gasteiger partial charge in [-0.1, -0.05) is 54.6 Å². The minimum atomic E-state index is -0.902. The van der Waals surface area contributed by atoms with Gasteiger partial charge in [0.1, 0.15) is 30.0 Å². The van der Waals surface area contributed by atoms with Gasteiger partial charge in [-0.05, 0) is 29.3 Å². The lowest BCUT2D eigenvalue weighted by molar-refractivity contribution is -0.120. The second-order valence-corrected chi connectivity index (χ2v) is 8.39. The van der Waals surface area contributed by atoms with E-state index in [0.717, 1.165) is 22.4 Å². The van der Waals surface area contributed by atoms with Crippen LogP contribution in [0.1, 0.15) is 22.0 Å². The van der Waals surface area contributed by atoms with Gasteiger partial charge in [0, 0.05) is 19.0 Å². The number of H-pyrrole nitrogens is 1. The summed E-state index contributed by atoms with van der Waals surface area (Å²) in [4.78, 5) is 31.9. The monoisotopic (exact) mass is 483 g/mol. The minimum Gasteiger partial charge on any atom is -0.496 e. The minimum absolute atomic E-state index is 0.0167. The average molecular weight is 484 g/mol. The molecule has 0 aliphatic carbocycles. The zero-order chi connectivity index (χ0) is 25.1. The number of nitrogens with zero attached hydrogens (tertiary/aromatic N) is 3. The van der Waals surface area contributed by atoms with Crippen LogP contribution in [0.15, 0.2) is 72.8 Å². The maximum atomic E-state index is 13.3. The van der Waals surface area contributed by atoms with E-state index < -0.39 is 11.9 Å². The van der Waals surface area contributed by atoms with Gasteiger partial charge in [-0.3, -0.25) is 14.7 Å². The molecule has 0 radical (unpaired) electrons. The van der Waals surface area contributed by atoms with Crippen molar-refractivity contribution in [2.75, 3.05) is 25.7 Å². The van der Waals surface area contributed by atoms with E-state index in [4.69, 9.17) is 9.47 Å². The molecule has 9 nitrogen and oxygen atoms in total. The average Bonchev–Trinajstić information content (AvgIpc) is 3.35. The molecule has 9 heteroatoms. The van der Waals surface area contributed by atoms with Crippen molar-refractivity contribution in [2.45, 2.75) is 12.5 Å². The first-order valence-corrected chi connectivity index (χ1v) is 11.5. The fourth-order valence-electron chi connectivity index (χ4n) is 4.14. The Hall–Kier alpha value is -4.66. The van der Waals surface area contributed by atoms with Crippen LogP contribution in [0, 0.1) is 0 Å². The molecule has 1 aliphatic rings. The molecule has 36 heavy (non-hydrogen) atoms. The van der Waals surface area contributed by atoms with Crippen LogP contribution in [0.25, 0.3) is 11.1 Å². The smallest absolute Gasteiger partial charge is 0.291 e. The topological polar surface area (TPSA) is 109 Å². The van der Waals surface area contributed by atoms with Crippen LogP contribution >= 0.6 is 0 Å². The third kappa shape index (κ3) is 4.63. The highest BCUT2D eigenvalue weighted by molar-refractivity contribution is 6.02. The molecule has 1 aliphatic heterocycles. The summed E-state index contributed by atoms with van der Waals surface area (Å²) in [6, 6.07) is 22.1. The Morgan fingerprint density at radius 1 is 1.14 bits per heavy atom. The van der Waals surface area contributed by atoms with E-state index in [1.54, 1.807) is 14.2 Å². The molecule has 3 aromatic carbocycles. The number of hydrogen-bond donors (Lipinski definition) is 2. The lowest BCUT2D eigenvalue weighted by Gasteiger charge is -2.20. The van der Waals surface area contributed by atoms with Crippen molar-refractivity contribution in [3.63, 3.8) is 0 Å². The molecule has 5 rings (SSSR count). The molecule has 0 saturated carbocycles. The highest BCUT2D eigenvalue weighted by atomic mass is 16.5. The molecule has 4 aromatic rings. The number of benzene rings is 3. The summed E-state index contributed by atoms with van der Waals surface area (Å²) in [5, 5.41) is 9.52. The van der Waals surface area contributed by atoms with E-state index in [1.165, 1.54) is 4.90 Å². The number of hydrogen-bond acceptors (Lipinski definition) is 6. The van der Waals surface area contributed by atoms with Crippen LogP contribution in [0.5, 0.6) is 11.5 Å². The number of fused-ring (bicyclic) bond motifs is 1. The molecule has 0 spiro atoms. The van der Waals surface area contributed by atoms with Crippen LogP contribution in [-0.2, 0) is 11.2 Å². The van der Waals surface area contributed by atoms with Gasteiger partial charge < -0.3 is 19.7 Å². The second-order valence-electron chi connectivity index (χ2n) is 8.39. The zero-order valence-electron chi connectivity index (χ0n) is 19.9. The van der Waals surface area contributed by atoms with Gasteiger partial charge in [0.2, 0.25) is 5.82 Å². The van der Waals surface area contributed by atoms with Gasteiger partial charge in [-0.2, -0.15) is 0 Å². The fraction of sp³-hybridized carbons (Fsp3) is 0.185. The number of likely N-dealkylation sites (N-methyl/N-ethyl adjacent to an activating group) is 1. The predicted molar refractivity (Wildman–Crippen MR) is 134 cm³/mol. The number of para-hydroxylation sites is 1. The number of rotatable bonds is 6. The standard InChI is InChI=1S/C27H25N5O4/c1-32-21-15-18(19-10-6-7-11-22(19)35-2)12-13-23(21)36-16-20(27(32)34)28-26(33)25-29-24(30-31-25)14-17-8-4-3-5-9-17/h3-13,15,20H,14,16H2,1-2H3,(H,28,33)(H,29,30,31)/t20-/m0/s1. The number of anilines is 1. The van der Waals surface area contributed by atoms with Gasteiger partial charge >= 0.3 is 0 Å². The first-order chi connectivity index (χ1) is 17.5. The normalized spacial score (nSPS) is 15.0. The summed E-state index contributed by atoms with van der Waals surface area (Å²) in [5.74, 6) is 0.939. The Morgan fingerprint density at radius 2 is 1.92 bits per heavy atom. The van der Waals surface area contributed by atoms with Gasteiger partial charge in [0.15, 0.2) is 0 Å². The lowest BCUT2D eigenvalue weighted by Crippen LogP contribution is -2.49. The van der Waals surface area contributed by atoms with E-state index in [1.807, 2.05) is 72.8 Å². The summed E-state index contributed by atoms with van der Waals surface area (Å²) in [6.45, 7) is -0.0167. The Labute approximate surface area is 208 Å². The molecule has 2 heterocycles. The quantitative estimate of drug-likeness (QED) is 0.436. The van der Waals surface area contributed by atoms with Crippen molar-refractivity contribution >= 4 is 17.5 Å². The molecule has 1 atom stereocenters. The SMILES string of the molecule is COc1ccccc1-c1ccc2c(c1)N(C)C(=O)[C@@H](NC(=O)c1n[nH]c(Cc3ccccc3)n1)CO2. The van der Waals surface area contributed by atoms with Crippen LogP contribution in [0.2, 0.25) is 0 Å². The molecule has 0 unspecified atom stereocenters. The number of aromatic nitrogens is 3. The maximum absolute atomic E-state index is 13.3. The molecule has 0 bridgehead atoms. The van der Waals surface area contributed by atoms with Crippen molar-refractivity contribution in [1.82, 2.24) is 20.5 Å². The van der Waals surface area contributed by atoms with Gasteiger partial charge in [0.05, 0.1) is 12.8 Å². The van der Waals surface area contributed by atoms with E-state index in [0.29, 0.717) is 23.7 Å². The fourth-order valence-corrected chi connectivity index (χ4v) is 4.14. The zero-order valence-corrected chi connectivity index (χ0v) is 19.9.